The molecule has 1 atom stereocenters. The second-order valence-electron chi connectivity index (χ2n) is 9.79. The Morgan fingerprint density at radius 2 is 2.06 bits per heavy atom. The van der Waals surface area contributed by atoms with Gasteiger partial charge in [-0.3, -0.25) is 14.6 Å². The summed E-state index contributed by atoms with van der Waals surface area (Å²) in [5.74, 6) is 0.496. The van der Waals surface area contributed by atoms with E-state index in [-0.39, 0.29) is 29.5 Å². The SMILES string of the molecule is CC1N=c2nc(-c3ccc(=O)[nH]n3)[nH]c2=C1C1=CC(Cl)=C(CNC(=O)c2nc(C(C)(C)C)no2)CC1. The summed E-state index contributed by atoms with van der Waals surface area (Å²) < 4.78 is 5.11. The molecule has 2 aliphatic rings. The van der Waals surface area contributed by atoms with E-state index in [9.17, 15) is 9.59 Å². The Hall–Kier alpha value is -3.86. The Bertz CT molecular complexity index is 1580. The monoisotopic (exact) mass is 508 g/mol. The molecule has 1 unspecified atom stereocenters. The molecule has 11 nitrogen and oxygen atoms in total. The van der Waals surface area contributed by atoms with Crippen molar-refractivity contribution in [2.75, 3.05) is 6.54 Å². The van der Waals surface area contributed by atoms with Crippen LogP contribution >= 0.6 is 11.6 Å². The highest BCUT2D eigenvalue weighted by molar-refractivity contribution is 6.32. The van der Waals surface area contributed by atoms with E-state index in [0.29, 0.717) is 34.3 Å². The molecule has 5 rings (SSSR count). The first-order valence-corrected chi connectivity index (χ1v) is 11.9. The number of nitrogens with zero attached hydrogens (tertiary/aromatic N) is 5. The van der Waals surface area contributed by atoms with Gasteiger partial charge in [-0.05, 0) is 43.1 Å². The second-order valence-corrected chi connectivity index (χ2v) is 10.2. The highest BCUT2D eigenvalue weighted by Crippen LogP contribution is 2.33. The lowest BCUT2D eigenvalue weighted by molar-refractivity contribution is 0.0913. The van der Waals surface area contributed by atoms with Gasteiger partial charge < -0.3 is 14.8 Å². The fraction of sp³-hybridized carbons (Fsp3) is 0.375. The maximum atomic E-state index is 12.5. The number of hydrogen-bond acceptors (Lipinski definition) is 8. The van der Waals surface area contributed by atoms with Crippen LogP contribution in [0.4, 0.5) is 0 Å². The number of fused-ring (bicyclic) bond motifs is 1. The summed E-state index contributed by atoms with van der Waals surface area (Å²) in [5, 5.41) is 14.6. The zero-order valence-corrected chi connectivity index (χ0v) is 21.0. The van der Waals surface area contributed by atoms with Crippen molar-refractivity contribution in [3.63, 3.8) is 0 Å². The third-order valence-electron chi connectivity index (χ3n) is 6.04. The summed E-state index contributed by atoms with van der Waals surface area (Å²) in [7, 11) is 0. The summed E-state index contributed by atoms with van der Waals surface area (Å²) in [4.78, 5) is 40.5. The number of carbonyl (C=O) groups is 1. The van der Waals surface area contributed by atoms with Crippen molar-refractivity contribution in [2.24, 2.45) is 4.99 Å². The molecule has 12 heteroatoms. The van der Waals surface area contributed by atoms with Gasteiger partial charge in [0.15, 0.2) is 17.1 Å². The average molecular weight is 509 g/mol. The van der Waals surface area contributed by atoms with Crippen LogP contribution in [0.5, 0.6) is 0 Å². The summed E-state index contributed by atoms with van der Waals surface area (Å²) in [5.41, 5.74) is 3.53. The number of H-pyrrole nitrogens is 2. The Morgan fingerprint density at radius 1 is 1.25 bits per heavy atom. The molecule has 1 amide bonds. The van der Waals surface area contributed by atoms with Crippen molar-refractivity contribution in [1.29, 1.82) is 0 Å². The highest BCUT2D eigenvalue weighted by Gasteiger charge is 2.26. The highest BCUT2D eigenvalue weighted by atomic mass is 35.5. The molecule has 3 aromatic rings. The molecule has 1 aliphatic heterocycles. The van der Waals surface area contributed by atoms with E-state index in [0.717, 1.165) is 28.5 Å². The molecule has 0 bridgehead atoms. The van der Waals surface area contributed by atoms with Crippen LogP contribution in [0.3, 0.4) is 0 Å². The lowest BCUT2D eigenvalue weighted by atomic mass is 9.90. The molecular formula is C24H25ClN8O3. The number of carbonyl (C=O) groups excluding carboxylic acids is 1. The van der Waals surface area contributed by atoms with Crippen LogP contribution in [0.25, 0.3) is 17.1 Å². The lowest BCUT2D eigenvalue weighted by Crippen LogP contribution is -2.27. The summed E-state index contributed by atoms with van der Waals surface area (Å²) in [6.07, 6.45) is 3.33. The number of halogens is 1. The van der Waals surface area contributed by atoms with E-state index in [1.165, 1.54) is 6.07 Å². The zero-order chi connectivity index (χ0) is 25.6. The van der Waals surface area contributed by atoms with Gasteiger partial charge in [-0.2, -0.15) is 10.1 Å². The Morgan fingerprint density at radius 3 is 2.72 bits per heavy atom. The van der Waals surface area contributed by atoms with Crippen molar-refractivity contribution in [3.8, 4) is 11.5 Å². The smallest absolute Gasteiger partial charge is 0.315 e. The zero-order valence-electron chi connectivity index (χ0n) is 20.3. The van der Waals surface area contributed by atoms with E-state index < -0.39 is 5.91 Å². The van der Waals surface area contributed by atoms with E-state index in [4.69, 9.17) is 16.1 Å². The first-order chi connectivity index (χ1) is 17.1. The van der Waals surface area contributed by atoms with E-state index in [1.807, 2.05) is 33.8 Å². The molecule has 0 saturated heterocycles. The van der Waals surface area contributed by atoms with Crippen LogP contribution in [-0.4, -0.2) is 48.8 Å². The van der Waals surface area contributed by atoms with Crippen LogP contribution in [0.2, 0.25) is 0 Å². The molecule has 1 aliphatic carbocycles. The normalized spacial score (nSPS) is 17.6. The maximum Gasteiger partial charge on any atom is 0.315 e. The Balaban J connectivity index is 1.36. The van der Waals surface area contributed by atoms with Gasteiger partial charge in [-0.1, -0.05) is 37.5 Å². The van der Waals surface area contributed by atoms with Gasteiger partial charge >= 0.3 is 11.8 Å². The molecule has 186 valence electrons. The van der Waals surface area contributed by atoms with E-state index >= 15 is 0 Å². The topological polar surface area (TPSA) is 155 Å². The number of aromatic amines is 2. The fourth-order valence-electron chi connectivity index (χ4n) is 4.13. The van der Waals surface area contributed by atoms with Gasteiger partial charge in [0.05, 0.1) is 11.4 Å². The Labute approximate surface area is 210 Å². The molecule has 0 saturated carbocycles. The largest absolute Gasteiger partial charge is 0.344 e. The molecular weight excluding hydrogens is 484 g/mol. The predicted molar refractivity (Wildman–Crippen MR) is 132 cm³/mol. The van der Waals surface area contributed by atoms with E-state index in [1.54, 1.807) is 6.07 Å². The van der Waals surface area contributed by atoms with Crippen LogP contribution in [0.15, 0.2) is 48.7 Å². The minimum atomic E-state index is -0.437. The van der Waals surface area contributed by atoms with Gasteiger partial charge in [-0.15, -0.1) is 0 Å². The third kappa shape index (κ3) is 4.53. The maximum absolute atomic E-state index is 12.5. The predicted octanol–water partition coefficient (Wildman–Crippen LogP) is 1.66. The van der Waals surface area contributed by atoms with Gasteiger partial charge in [0.1, 0.15) is 5.69 Å². The van der Waals surface area contributed by atoms with Crippen LogP contribution < -0.4 is 21.7 Å². The summed E-state index contributed by atoms with van der Waals surface area (Å²) >= 11 is 6.63. The summed E-state index contributed by atoms with van der Waals surface area (Å²) in [6, 6.07) is 2.92. The minimum Gasteiger partial charge on any atom is -0.344 e. The molecule has 0 fully saturated rings. The number of aromatic nitrogens is 6. The molecule has 3 N–H and O–H groups in total. The standard InChI is InChI=1S/C24H25ClN8O3/c1-11-17(18-20(27-11)29-19(28-18)15-7-8-16(34)32-31-15)12-5-6-13(14(25)9-12)10-26-21(35)22-30-23(33-36-22)24(2,3)4/h7-9,11H,5-6,10H2,1-4H3,(H,26,35)(H,32,34)(H,27,28,29). The van der Waals surface area contributed by atoms with Crippen molar-refractivity contribution < 1.29 is 9.32 Å². The van der Waals surface area contributed by atoms with Crippen molar-refractivity contribution in [3.05, 3.63) is 67.3 Å². The molecule has 0 spiro atoms. The number of imidazole rings is 1. The fourth-order valence-corrected chi connectivity index (χ4v) is 4.42. The molecule has 4 heterocycles. The number of hydrogen-bond donors (Lipinski definition) is 3. The lowest BCUT2D eigenvalue weighted by Gasteiger charge is -2.20. The molecule has 36 heavy (non-hydrogen) atoms. The van der Waals surface area contributed by atoms with Gasteiger partial charge in [-0.25, -0.2) is 10.1 Å². The van der Waals surface area contributed by atoms with Crippen LogP contribution in [0.1, 0.15) is 57.0 Å². The number of amides is 1. The quantitative estimate of drug-likeness (QED) is 0.473. The first kappa shape index (κ1) is 23.9. The Kier molecular flexibility index (Phi) is 5.95. The molecule has 3 aromatic heterocycles. The average Bonchev–Trinajstić information content (AvgIpc) is 3.53. The third-order valence-corrected chi connectivity index (χ3v) is 6.42. The first-order valence-electron chi connectivity index (χ1n) is 11.5. The van der Waals surface area contributed by atoms with Crippen molar-refractivity contribution in [1.82, 2.24) is 35.6 Å². The number of nitrogens with one attached hydrogen (secondary N) is 3. The van der Waals surface area contributed by atoms with Crippen molar-refractivity contribution in [2.45, 2.75) is 52.0 Å². The second kappa shape index (κ2) is 8.98. The number of rotatable bonds is 5. The molecule has 0 radical (unpaired) electrons. The van der Waals surface area contributed by atoms with Gasteiger partial charge in [0.25, 0.3) is 5.56 Å². The number of allylic oxidation sites excluding steroid dienone is 2. The summed E-state index contributed by atoms with van der Waals surface area (Å²) in [6.45, 7) is 8.12. The van der Waals surface area contributed by atoms with Gasteiger partial charge in [0, 0.05) is 28.6 Å². The van der Waals surface area contributed by atoms with Gasteiger partial charge in [0.2, 0.25) is 0 Å². The van der Waals surface area contributed by atoms with Crippen LogP contribution in [-0.2, 0) is 5.41 Å². The molecule has 0 aromatic carbocycles. The van der Waals surface area contributed by atoms with Crippen molar-refractivity contribution >= 4 is 23.1 Å². The van der Waals surface area contributed by atoms with Crippen LogP contribution in [0, 0.1) is 0 Å². The minimum absolute atomic E-state index is 0.0693. The van der Waals surface area contributed by atoms with E-state index in [2.05, 4.69) is 40.6 Å².